The monoisotopic (exact) mass is 368 g/mol. The third-order valence-electron chi connectivity index (χ3n) is 3.03. The second-order valence-electron chi connectivity index (χ2n) is 4.74. The molecule has 0 unspecified atom stereocenters. The smallest absolute Gasteiger partial charge is 0.287 e. The van der Waals surface area contributed by atoms with Crippen LogP contribution in [0.25, 0.3) is 0 Å². The van der Waals surface area contributed by atoms with Gasteiger partial charge in [0.15, 0.2) is 0 Å². The first-order chi connectivity index (χ1) is 11.4. The summed E-state index contributed by atoms with van der Waals surface area (Å²) in [5, 5.41) is 11.9. The van der Waals surface area contributed by atoms with Crippen LogP contribution >= 0.6 is 0 Å². The fourth-order valence-electron chi connectivity index (χ4n) is 1.93. The molecule has 0 spiro atoms. The number of hydrogen-bond acceptors (Lipinski definition) is 9. The Balaban J connectivity index is 0.00000312. The fourth-order valence-corrected chi connectivity index (χ4v) is 2.20. The van der Waals surface area contributed by atoms with Gasteiger partial charge in [-0.1, -0.05) is 0 Å². The van der Waals surface area contributed by atoms with Gasteiger partial charge in [-0.25, -0.2) is 8.42 Å². The predicted molar refractivity (Wildman–Crippen MR) is 91.6 cm³/mol. The first-order valence-corrected chi connectivity index (χ1v) is 8.43. The SMILES string of the molecule is CCN(CCOS(=O)(=O)[O-])c1ccc(N=Nc2ncn(C)n2)cc1.[CH3+]. The van der Waals surface area contributed by atoms with Crippen LogP contribution in [-0.4, -0.2) is 47.4 Å². The number of benzene rings is 1. The van der Waals surface area contributed by atoms with Gasteiger partial charge in [-0.2, -0.15) is 4.98 Å². The second kappa shape index (κ2) is 9.11. The molecular weight excluding hydrogens is 348 g/mol. The molecule has 0 fully saturated rings. The average Bonchev–Trinajstić information content (AvgIpc) is 2.95. The van der Waals surface area contributed by atoms with E-state index in [-0.39, 0.29) is 26.5 Å². The van der Waals surface area contributed by atoms with E-state index in [2.05, 4.69) is 24.5 Å². The predicted octanol–water partition coefficient (Wildman–Crippen LogP) is 1.98. The van der Waals surface area contributed by atoms with E-state index in [0.717, 1.165) is 5.69 Å². The summed E-state index contributed by atoms with van der Waals surface area (Å²) in [5.74, 6) is 0.271. The summed E-state index contributed by atoms with van der Waals surface area (Å²) in [6.45, 7) is 2.61. The van der Waals surface area contributed by atoms with Crippen molar-refractivity contribution in [2.24, 2.45) is 17.3 Å². The number of nitrogens with zero attached hydrogens (tertiary/aromatic N) is 6. The van der Waals surface area contributed by atoms with Crippen LogP contribution in [0.3, 0.4) is 0 Å². The van der Waals surface area contributed by atoms with Crippen molar-refractivity contribution in [2.75, 3.05) is 24.6 Å². The molecule has 2 aromatic rings. The molecule has 0 amide bonds. The van der Waals surface area contributed by atoms with Crippen molar-refractivity contribution in [3.05, 3.63) is 38.0 Å². The molecule has 0 radical (unpaired) electrons. The lowest BCUT2D eigenvalue weighted by atomic mass is 10.2. The van der Waals surface area contributed by atoms with Gasteiger partial charge in [0.25, 0.3) is 5.95 Å². The highest BCUT2D eigenvalue weighted by Crippen LogP contribution is 2.21. The van der Waals surface area contributed by atoms with Crippen molar-refractivity contribution in [1.82, 2.24) is 14.8 Å². The number of rotatable bonds is 8. The zero-order valence-electron chi connectivity index (χ0n) is 14.2. The summed E-state index contributed by atoms with van der Waals surface area (Å²) in [7, 11) is -2.93. The largest absolute Gasteiger partial charge is 0.726 e. The number of aromatic nitrogens is 3. The first kappa shape index (κ1) is 20.5. The van der Waals surface area contributed by atoms with E-state index in [0.29, 0.717) is 12.2 Å². The summed E-state index contributed by atoms with van der Waals surface area (Å²) in [6, 6.07) is 7.15. The van der Waals surface area contributed by atoms with Gasteiger partial charge < -0.3 is 9.45 Å². The van der Waals surface area contributed by atoms with Crippen molar-refractivity contribution >= 4 is 27.7 Å². The highest BCUT2D eigenvalue weighted by molar-refractivity contribution is 7.80. The molecule has 0 aliphatic heterocycles. The number of likely N-dealkylation sites (N-methyl/N-ethyl adjacent to an activating group) is 1. The van der Waals surface area contributed by atoms with Gasteiger partial charge >= 0.3 is 0 Å². The Morgan fingerprint density at radius 2 is 1.96 bits per heavy atom. The Morgan fingerprint density at radius 1 is 1.28 bits per heavy atom. The molecule has 11 heteroatoms. The molecule has 136 valence electrons. The highest BCUT2D eigenvalue weighted by atomic mass is 32.3. The minimum absolute atomic E-state index is 0. The van der Waals surface area contributed by atoms with Crippen molar-refractivity contribution in [3.63, 3.8) is 0 Å². The first-order valence-electron chi connectivity index (χ1n) is 7.10. The molecule has 1 aromatic heterocycles. The van der Waals surface area contributed by atoms with Crippen molar-refractivity contribution < 1.29 is 17.2 Å². The van der Waals surface area contributed by atoms with Crippen LogP contribution in [0.2, 0.25) is 0 Å². The minimum Gasteiger partial charge on any atom is -0.726 e. The Kier molecular flexibility index (Phi) is 7.48. The highest BCUT2D eigenvalue weighted by Gasteiger charge is 2.05. The maximum absolute atomic E-state index is 10.4. The quantitative estimate of drug-likeness (QED) is 0.302. The van der Waals surface area contributed by atoms with E-state index in [1.165, 1.54) is 11.0 Å². The lowest BCUT2D eigenvalue weighted by Gasteiger charge is -2.23. The van der Waals surface area contributed by atoms with E-state index in [9.17, 15) is 13.0 Å². The van der Waals surface area contributed by atoms with Crippen LogP contribution in [0, 0.1) is 7.43 Å². The van der Waals surface area contributed by atoms with Crippen LogP contribution < -0.4 is 4.90 Å². The number of anilines is 1. The van der Waals surface area contributed by atoms with E-state index >= 15 is 0 Å². The molecule has 0 atom stereocenters. The van der Waals surface area contributed by atoms with Crippen LogP contribution in [0.4, 0.5) is 17.3 Å². The number of azo groups is 1. The average molecular weight is 368 g/mol. The number of hydrogen-bond donors (Lipinski definition) is 0. The maximum atomic E-state index is 10.4. The van der Waals surface area contributed by atoms with Gasteiger partial charge in [-0.15, -0.1) is 15.3 Å². The molecule has 0 aliphatic carbocycles. The third kappa shape index (κ3) is 6.87. The van der Waals surface area contributed by atoms with Gasteiger partial charge in [-0.05, 0) is 31.2 Å². The van der Waals surface area contributed by atoms with Crippen molar-refractivity contribution in [3.8, 4) is 0 Å². The molecule has 1 aromatic carbocycles. The molecule has 0 saturated heterocycles. The van der Waals surface area contributed by atoms with Crippen LogP contribution in [0.15, 0.2) is 40.8 Å². The standard InChI is InChI=1S/C13H18N6O4S.CH3/c1-3-19(8-9-23-24(20,21)22)12-6-4-11(5-7-12)15-16-13-14-10-18(2)17-13;/h4-7,10H,3,8-9H2,1-2H3,(H,20,21,22);1H3/q;+1/p-1. The summed E-state index contributed by atoms with van der Waals surface area (Å²) in [5.41, 5.74) is 1.47. The zero-order valence-corrected chi connectivity index (χ0v) is 15.0. The molecule has 10 nitrogen and oxygen atoms in total. The van der Waals surface area contributed by atoms with Gasteiger partial charge in [0.1, 0.15) is 6.33 Å². The van der Waals surface area contributed by atoms with Crippen molar-refractivity contribution in [1.29, 1.82) is 0 Å². The van der Waals surface area contributed by atoms with Gasteiger partial charge in [0.05, 0.1) is 12.3 Å². The molecular formula is C14H20N6O4S. The number of aryl methyl sites for hydroxylation is 1. The summed E-state index contributed by atoms with van der Waals surface area (Å²) in [6.07, 6.45) is 1.53. The van der Waals surface area contributed by atoms with Crippen LogP contribution in [-0.2, 0) is 21.6 Å². The summed E-state index contributed by atoms with van der Waals surface area (Å²) in [4.78, 5) is 5.81. The van der Waals surface area contributed by atoms with E-state index in [1.54, 1.807) is 19.2 Å². The molecule has 0 N–H and O–H groups in total. The summed E-state index contributed by atoms with van der Waals surface area (Å²) < 4.78 is 37.1. The zero-order chi connectivity index (χ0) is 17.6. The molecule has 0 aliphatic rings. The second-order valence-corrected chi connectivity index (χ2v) is 5.80. The Bertz CT molecular complexity index is 788. The van der Waals surface area contributed by atoms with Gasteiger partial charge in [0.2, 0.25) is 10.4 Å². The maximum Gasteiger partial charge on any atom is 0.287 e. The molecule has 25 heavy (non-hydrogen) atoms. The van der Waals surface area contributed by atoms with Gasteiger partial charge in [-0.3, -0.25) is 8.86 Å². The van der Waals surface area contributed by atoms with Crippen molar-refractivity contribution in [2.45, 2.75) is 6.92 Å². The van der Waals surface area contributed by atoms with Gasteiger partial charge in [0, 0.05) is 33.3 Å². The van der Waals surface area contributed by atoms with E-state index in [1.807, 2.05) is 24.0 Å². The Labute approximate surface area is 147 Å². The Morgan fingerprint density at radius 3 is 2.48 bits per heavy atom. The van der Waals surface area contributed by atoms with Crippen LogP contribution in [0.5, 0.6) is 0 Å². The third-order valence-corrected chi connectivity index (χ3v) is 3.48. The molecule has 0 bridgehead atoms. The minimum atomic E-state index is -4.67. The van der Waals surface area contributed by atoms with Crippen LogP contribution in [0.1, 0.15) is 6.92 Å². The lowest BCUT2D eigenvalue weighted by Crippen LogP contribution is -2.27. The molecule has 2 rings (SSSR count). The molecule has 1 heterocycles. The fraction of sp³-hybridized carbons (Fsp3) is 0.357. The Hall–Kier alpha value is -2.50. The normalized spacial score (nSPS) is 11.5. The summed E-state index contributed by atoms with van der Waals surface area (Å²) >= 11 is 0. The molecule has 0 saturated carbocycles. The lowest BCUT2D eigenvalue weighted by molar-refractivity contribution is 0.266. The van der Waals surface area contributed by atoms with E-state index < -0.39 is 10.4 Å². The topological polar surface area (TPSA) is 125 Å². The van der Waals surface area contributed by atoms with E-state index in [4.69, 9.17) is 0 Å².